The Bertz CT molecular complexity index is 526. The highest BCUT2D eigenvalue weighted by molar-refractivity contribution is 9.10. The Hall–Kier alpha value is -1.42. The monoisotopic (exact) mass is 305 g/mol. The smallest absolute Gasteiger partial charge is 0.142 e. The van der Waals surface area contributed by atoms with E-state index in [1.165, 1.54) is 0 Å². The maximum atomic E-state index is 5.93. The Kier molecular flexibility index (Phi) is 4.31. The van der Waals surface area contributed by atoms with Crippen molar-refractivity contribution in [3.05, 3.63) is 40.6 Å². The molecule has 18 heavy (non-hydrogen) atoms. The fourth-order valence-corrected chi connectivity index (χ4v) is 2.15. The lowest BCUT2D eigenvalue weighted by Gasteiger charge is -2.08. The van der Waals surface area contributed by atoms with Crippen LogP contribution in [0.15, 0.2) is 34.8 Å². The fraction of sp³-hybridized carbons (Fsp3) is 0.286. The van der Waals surface area contributed by atoms with Crippen LogP contribution in [0.2, 0.25) is 0 Å². The van der Waals surface area contributed by atoms with Crippen LogP contribution in [0.4, 0.5) is 5.82 Å². The maximum absolute atomic E-state index is 5.93. The number of hydrogen-bond donors (Lipinski definition) is 1. The van der Waals surface area contributed by atoms with Crippen LogP contribution in [0.1, 0.15) is 25.6 Å². The summed E-state index contributed by atoms with van der Waals surface area (Å²) in [6.45, 7) is 2.15. The molecule has 2 rings (SSSR count). The molecule has 0 atom stereocenters. The topological polar surface area (TPSA) is 51.8 Å². The van der Waals surface area contributed by atoms with E-state index in [2.05, 4.69) is 32.8 Å². The van der Waals surface area contributed by atoms with Crippen LogP contribution in [0.25, 0.3) is 11.3 Å². The van der Waals surface area contributed by atoms with Gasteiger partial charge >= 0.3 is 0 Å². The molecule has 0 aliphatic rings. The van der Waals surface area contributed by atoms with Crippen molar-refractivity contribution in [2.45, 2.75) is 26.2 Å². The number of hydrogen-bond acceptors (Lipinski definition) is 3. The highest BCUT2D eigenvalue weighted by Gasteiger charge is 2.11. The van der Waals surface area contributed by atoms with Gasteiger partial charge in [0.15, 0.2) is 0 Å². The van der Waals surface area contributed by atoms with Crippen molar-refractivity contribution in [3.8, 4) is 11.3 Å². The second-order valence-electron chi connectivity index (χ2n) is 4.16. The van der Waals surface area contributed by atoms with Gasteiger partial charge < -0.3 is 5.73 Å². The lowest BCUT2D eigenvalue weighted by molar-refractivity contribution is 0.754. The van der Waals surface area contributed by atoms with Gasteiger partial charge in [0.2, 0.25) is 0 Å². The van der Waals surface area contributed by atoms with Crippen molar-refractivity contribution in [3.63, 3.8) is 0 Å². The molecule has 0 aliphatic carbocycles. The summed E-state index contributed by atoms with van der Waals surface area (Å²) in [5.41, 5.74) is 7.85. The molecule has 4 heteroatoms. The van der Waals surface area contributed by atoms with Crippen LogP contribution in [0, 0.1) is 0 Å². The molecule has 0 aliphatic heterocycles. The van der Waals surface area contributed by atoms with Gasteiger partial charge in [0, 0.05) is 12.0 Å². The highest BCUT2D eigenvalue weighted by atomic mass is 79.9. The first kappa shape index (κ1) is 13.0. The van der Waals surface area contributed by atoms with E-state index in [0.717, 1.165) is 40.8 Å². The summed E-state index contributed by atoms with van der Waals surface area (Å²) in [7, 11) is 0. The molecule has 0 saturated heterocycles. The Morgan fingerprint density at radius 2 is 1.89 bits per heavy atom. The summed E-state index contributed by atoms with van der Waals surface area (Å²) in [5, 5.41) is 0. The second-order valence-corrected chi connectivity index (χ2v) is 4.95. The number of rotatable bonds is 4. The molecule has 1 aromatic carbocycles. The number of aromatic nitrogens is 2. The van der Waals surface area contributed by atoms with Crippen LogP contribution in [0.5, 0.6) is 0 Å². The van der Waals surface area contributed by atoms with E-state index in [1.54, 1.807) is 0 Å². The standard InChI is InChI=1S/C14H16BrN3/c1-2-3-9-11-17-13(12(15)14(16)18-11)10-7-5-4-6-8-10/h4-8H,2-3,9H2,1H3,(H2,16,17,18). The first-order valence-electron chi connectivity index (χ1n) is 6.09. The number of nitrogens with zero attached hydrogens (tertiary/aromatic N) is 2. The Balaban J connectivity index is 2.43. The molecule has 0 amide bonds. The molecule has 0 bridgehead atoms. The van der Waals surface area contributed by atoms with Crippen LogP contribution in [0.3, 0.4) is 0 Å². The SMILES string of the molecule is CCCCc1nc(N)c(Br)c(-c2ccccc2)n1. The van der Waals surface area contributed by atoms with Gasteiger partial charge in [0.1, 0.15) is 11.6 Å². The number of aryl methyl sites for hydroxylation is 1. The summed E-state index contributed by atoms with van der Waals surface area (Å²) in [5.74, 6) is 1.33. The van der Waals surface area contributed by atoms with Crippen LogP contribution in [-0.2, 0) is 6.42 Å². The van der Waals surface area contributed by atoms with Gasteiger partial charge in [-0.3, -0.25) is 0 Å². The zero-order valence-electron chi connectivity index (χ0n) is 10.4. The van der Waals surface area contributed by atoms with Crippen LogP contribution < -0.4 is 5.73 Å². The lowest BCUT2D eigenvalue weighted by atomic mass is 10.1. The molecule has 1 heterocycles. The average Bonchev–Trinajstić information content (AvgIpc) is 2.41. The average molecular weight is 306 g/mol. The molecule has 0 fully saturated rings. The lowest BCUT2D eigenvalue weighted by Crippen LogP contribution is -2.03. The molecule has 0 saturated carbocycles. The zero-order valence-corrected chi connectivity index (χ0v) is 11.9. The molecule has 2 N–H and O–H groups in total. The van der Waals surface area contributed by atoms with E-state index in [9.17, 15) is 0 Å². The first-order chi connectivity index (χ1) is 8.72. The molecule has 0 radical (unpaired) electrons. The molecule has 2 aromatic rings. The summed E-state index contributed by atoms with van der Waals surface area (Å²) >= 11 is 3.47. The molecule has 0 unspecified atom stereocenters. The minimum atomic E-state index is 0.509. The minimum absolute atomic E-state index is 0.509. The Morgan fingerprint density at radius 3 is 2.56 bits per heavy atom. The summed E-state index contributed by atoms with van der Waals surface area (Å²) in [6.07, 6.45) is 3.07. The second kappa shape index (κ2) is 5.96. The van der Waals surface area contributed by atoms with Gasteiger partial charge in [0.05, 0.1) is 10.2 Å². The summed E-state index contributed by atoms with van der Waals surface area (Å²) in [4.78, 5) is 8.92. The van der Waals surface area contributed by atoms with Gasteiger partial charge in [-0.05, 0) is 22.4 Å². The van der Waals surface area contributed by atoms with Gasteiger partial charge in [-0.25, -0.2) is 9.97 Å². The Labute approximate surface area is 116 Å². The van der Waals surface area contributed by atoms with E-state index < -0.39 is 0 Å². The number of benzene rings is 1. The summed E-state index contributed by atoms with van der Waals surface area (Å²) < 4.78 is 0.772. The number of unbranched alkanes of at least 4 members (excludes halogenated alkanes) is 1. The predicted molar refractivity (Wildman–Crippen MR) is 78.2 cm³/mol. The van der Waals surface area contributed by atoms with Gasteiger partial charge in [-0.1, -0.05) is 43.7 Å². The van der Waals surface area contributed by atoms with Crippen molar-refractivity contribution in [2.24, 2.45) is 0 Å². The number of nitrogens with two attached hydrogens (primary N) is 1. The highest BCUT2D eigenvalue weighted by Crippen LogP contribution is 2.30. The predicted octanol–water partition coefficient (Wildman–Crippen LogP) is 3.83. The first-order valence-corrected chi connectivity index (χ1v) is 6.89. The van der Waals surface area contributed by atoms with Crippen LogP contribution >= 0.6 is 15.9 Å². The summed E-state index contributed by atoms with van der Waals surface area (Å²) in [6, 6.07) is 10.0. The maximum Gasteiger partial charge on any atom is 0.142 e. The zero-order chi connectivity index (χ0) is 13.0. The van der Waals surface area contributed by atoms with Gasteiger partial charge in [-0.15, -0.1) is 0 Å². The third-order valence-corrected chi connectivity index (χ3v) is 3.51. The van der Waals surface area contributed by atoms with Crippen molar-refractivity contribution < 1.29 is 0 Å². The van der Waals surface area contributed by atoms with Crippen molar-refractivity contribution in [2.75, 3.05) is 5.73 Å². The van der Waals surface area contributed by atoms with E-state index in [1.807, 2.05) is 30.3 Å². The van der Waals surface area contributed by atoms with Gasteiger partial charge in [0.25, 0.3) is 0 Å². The molecule has 94 valence electrons. The van der Waals surface area contributed by atoms with E-state index in [0.29, 0.717) is 5.82 Å². The normalized spacial score (nSPS) is 10.6. The fourth-order valence-electron chi connectivity index (χ4n) is 1.75. The molecule has 1 aromatic heterocycles. The van der Waals surface area contributed by atoms with Crippen molar-refractivity contribution in [1.29, 1.82) is 0 Å². The molecule has 3 nitrogen and oxygen atoms in total. The quantitative estimate of drug-likeness (QED) is 0.934. The Morgan fingerprint density at radius 1 is 1.17 bits per heavy atom. The third kappa shape index (κ3) is 2.88. The largest absolute Gasteiger partial charge is 0.383 e. The molecule has 0 spiro atoms. The van der Waals surface area contributed by atoms with E-state index >= 15 is 0 Å². The van der Waals surface area contributed by atoms with E-state index in [4.69, 9.17) is 5.73 Å². The van der Waals surface area contributed by atoms with Crippen molar-refractivity contribution >= 4 is 21.7 Å². The van der Waals surface area contributed by atoms with Crippen molar-refractivity contribution in [1.82, 2.24) is 9.97 Å². The minimum Gasteiger partial charge on any atom is -0.383 e. The van der Waals surface area contributed by atoms with E-state index in [-0.39, 0.29) is 0 Å². The number of anilines is 1. The molecular weight excluding hydrogens is 290 g/mol. The molecular formula is C14H16BrN3. The van der Waals surface area contributed by atoms with Crippen LogP contribution in [-0.4, -0.2) is 9.97 Å². The number of halogens is 1. The number of nitrogen functional groups attached to an aromatic ring is 1. The van der Waals surface area contributed by atoms with Gasteiger partial charge in [-0.2, -0.15) is 0 Å². The third-order valence-electron chi connectivity index (χ3n) is 2.72.